The Morgan fingerprint density at radius 3 is 2.68 bits per heavy atom. The first-order valence-corrected chi connectivity index (χ1v) is 10.4. The summed E-state index contributed by atoms with van der Waals surface area (Å²) in [5.41, 5.74) is -0.0444. The van der Waals surface area contributed by atoms with Gasteiger partial charge in [0.1, 0.15) is 11.4 Å². The maximum Gasteiger partial charge on any atom is 0.255 e. The lowest BCUT2D eigenvalue weighted by Gasteiger charge is -2.40. The first-order chi connectivity index (χ1) is 12.0. The monoisotopic (exact) mass is 378 g/mol. The molecule has 1 aromatic carbocycles. The Balaban J connectivity index is 1.54. The van der Waals surface area contributed by atoms with Gasteiger partial charge in [0.05, 0.1) is 12.1 Å². The highest BCUT2D eigenvalue weighted by Crippen LogP contribution is 2.36. The third-order valence-electron chi connectivity index (χ3n) is 4.75. The average molecular weight is 378 g/mol. The SMILES string of the molecule is O=C1NCC2(CCN([S+](=O)([O-])c3cccs3)CC2)Oc2ccccc21. The number of amides is 1. The number of para-hydroxylation sites is 1. The van der Waals surface area contributed by atoms with Crippen molar-refractivity contribution in [1.82, 2.24) is 9.62 Å². The van der Waals surface area contributed by atoms with Crippen molar-refractivity contribution in [2.75, 3.05) is 19.6 Å². The molecule has 6 nitrogen and oxygen atoms in total. The van der Waals surface area contributed by atoms with Crippen molar-refractivity contribution in [1.29, 1.82) is 0 Å². The second-order valence-electron chi connectivity index (χ2n) is 6.30. The van der Waals surface area contributed by atoms with Gasteiger partial charge in [0.2, 0.25) is 4.21 Å². The summed E-state index contributed by atoms with van der Waals surface area (Å²) in [6.07, 6.45) is 1.07. The standard InChI is InChI=1S/C17H18N2O4S2/c20-16-13-4-1-2-5-14(13)23-17(12-18-16)7-9-19(10-8-17)25(21,22)15-6-3-11-24-15/h1-6,11H,7-10,12H2,(H-,18,20,21,22). The van der Waals surface area contributed by atoms with Crippen LogP contribution in [0.25, 0.3) is 0 Å². The van der Waals surface area contributed by atoms with Crippen LogP contribution in [0, 0.1) is 0 Å². The number of carbonyl (C=O) groups is 1. The molecule has 2 aromatic rings. The zero-order valence-corrected chi connectivity index (χ0v) is 15.1. The minimum absolute atomic E-state index is 0.152. The number of rotatable bonds is 2. The van der Waals surface area contributed by atoms with Crippen molar-refractivity contribution in [3.8, 4) is 5.75 Å². The minimum Gasteiger partial charge on any atom is -0.592 e. The number of nitrogens with one attached hydrogen (secondary N) is 1. The Labute approximate surface area is 151 Å². The highest BCUT2D eigenvalue weighted by Gasteiger charge is 2.44. The van der Waals surface area contributed by atoms with E-state index in [1.165, 1.54) is 15.6 Å². The van der Waals surface area contributed by atoms with E-state index in [9.17, 15) is 13.6 Å². The number of hydrogen-bond donors (Lipinski definition) is 1. The summed E-state index contributed by atoms with van der Waals surface area (Å²) in [7, 11) is -3.45. The number of ether oxygens (including phenoxy) is 1. The van der Waals surface area contributed by atoms with Crippen molar-refractivity contribution in [3.63, 3.8) is 0 Å². The number of benzene rings is 1. The van der Waals surface area contributed by atoms with E-state index in [1.54, 1.807) is 35.7 Å². The molecule has 1 aromatic heterocycles. The van der Waals surface area contributed by atoms with Gasteiger partial charge in [0, 0.05) is 32.0 Å². The number of thiophene rings is 1. The van der Waals surface area contributed by atoms with E-state index in [0.717, 1.165) is 0 Å². The normalized spacial score (nSPS) is 22.4. The lowest BCUT2D eigenvalue weighted by molar-refractivity contribution is 0.0232. The van der Waals surface area contributed by atoms with Crippen LogP contribution in [0.15, 0.2) is 46.0 Å². The van der Waals surface area contributed by atoms with Crippen LogP contribution in [0.1, 0.15) is 23.2 Å². The van der Waals surface area contributed by atoms with Crippen LogP contribution in [0.3, 0.4) is 0 Å². The van der Waals surface area contributed by atoms with Crippen molar-refractivity contribution >= 4 is 27.6 Å². The van der Waals surface area contributed by atoms with Crippen LogP contribution in [0.2, 0.25) is 0 Å². The maximum atomic E-state index is 12.7. The Kier molecular flexibility index (Phi) is 4.15. The molecule has 132 valence electrons. The largest absolute Gasteiger partial charge is 0.592 e. The van der Waals surface area contributed by atoms with E-state index in [1.807, 2.05) is 6.07 Å². The highest BCUT2D eigenvalue weighted by atomic mass is 32.3. The van der Waals surface area contributed by atoms with Crippen LogP contribution in [0.5, 0.6) is 5.75 Å². The fourth-order valence-corrected chi connectivity index (χ4v) is 5.89. The zero-order valence-electron chi connectivity index (χ0n) is 13.5. The molecular weight excluding hydrogens is 360 g/mol. The number of fused-ring (bicyclic) bond motifs is 1. The van der Waals surface area contributed by atoms with Gasteiger partial charge in [-0.15, -0.1) is 4.31 Å². The second-order valence-corrected chi connectivity index (χ2v) is 9.41. The summed E-state index contributed by atoms with van der Waals surface area (Å²) in [4.78, 5) is 12.2. The van der Waals surface area contributed by atoms with Gasteiger partial charge in [-0.1, -0.05) is 27.7 Å². The van der Waals surface area contributed by atoms with Crippen molar-refractivity contribution in [3.05, 3.63) is 47.3 Å². The molecule has 1 fully saturated rings. The van der Waals surface area contributed by atoms with Crippen LogP contribution in [0.4, 0.5) is 0 Å². The topological polar surface area (TPSA) is 81.7 Å². The van der Waals surface area contributed by atoms with Crippen molar-refractivity contribution < 1.29 is 18.3 Å². The smallest absolute Gasteiger partial charge is 0.255 e. The van der Waals surface area contributed by atoms with Gasteiger partial charge in [-0.3, -0.25) is 4.79 Å². The Morgan fingerprint density at radius 1 is 1.20 bits per heavy atom. The summed E-state index contributed by atoms with van der Waals surface area (Å²) in [5.74, 6) is 0.410. The molecular formula is C17H18N2O4S2. The van der Waals surface area contributed by atoms with Gasteiger partial charge in [-0.2, -0.15) is 0 Å². The number of nitrogens with zero attached hydrogens (tertiary/aromatic N) is 1. The molecule has 0 bridgehead atoms. The number of piperidine rings is 1. The van der Waals surface area contributed by atoms with Gasteiger partial charge >= 0.3 is 0 Å². The summed E-state index contributed by atoms with van der Waals surface area (Å²) in [6.45, 7) is 1.13. The van der Waals surface area contributed by atoms with Crippen molar-refractivity contribution in [2.24, 2.45) is 0 Å². The van der Waals surface area contributed by atoms with Crippen LogP contribution in [-0.4, -0.2) is 40.0 Å². The Hall–Kier alpha value is -1.74. The maximum absolute atomic E-state index is 12.7. The van der Waals surface area contributed by atoms with Crippen LogP contribution >= 0.6 is 11.3 Å². The molecule has 1 amide bonds. The quantitative estimate of drug-likeness (QED) is 0.813. The van der Waals surface area contributed by atoms with Gasteiger partial charge in [0.15, 0.2) is 10.4 Å². The van der Waals surface area contributed by atoms with Gasteiger partial charge in [0.25, 0.3) is 5.91 Å². The van der Waals surface area contributed by atoms with E-state index >= 15 is 0 Å². The molecule has 2 aliphatic heterocycles. The second kappa shape index (κ2) is 6.21. The first kappa shape index (κ1) is 16.7. The van der Waals surface area contributed by atoms with Crippen molar-refractivity contribution in [2.45, 2.75) is 22.7 Å². The first-order valence-electron chi connectivity index (χ1n) is 8.10. The molecule has 0 radical (unpaired) electrons. The molecule has 1 spiro atoms. The molecule has 0 saturated carbocycles. The van der Waals surface area contributed by atoms with E-state index in [2.05, 4.69) is 5.32 Å². The molecule has 4 rings (SSSR count). The van der Waals surface area contributed by atoms with Crippen LogP contribution < -0.4 is 10.1 Å². The van der Waals surface area contributed by atoms with Gasteiger partial charge < -0.3 is 14.6 Å². The van der Waals surface area contributed by atoms with Gasteiger partial charge in [-0.25, -0.2) is 0 Å². The fraction of sp³-hybridized carbons (Fsp3) is 0.353. The summed E-state index contributed by atoms with van der Waals surface area (Å²) < 4.78 is 33.4. The number of sulfonamides is 1. The predicted molar refractivity (Wildman–Crippen MR) is 94.4 cm³/mol. The number of hydrogen-bond acceptors (Lipinski definition) is 5. The summed E-state index contributed by atoms with van der Waals surface area (Å²) in [5, 5.41) is 4.68. The molecule has 25 heavy (non-hydrogen) atoms. The average Bonchev–Trinajstić information content (AvgIpc) is 3.12. The summed E-state index contributed by atoms with van der Waals surface area (Å²) in [6, 6.07) is 10.5. The Morgan fingerprint density at radius 2 is 1.96 bits per heavy atom. The van der Waals surface area contributed by atoms with Crippen LogP contribution in [-0.2, 0) is 14.6 Å². The van der Waals surface area contributed by atoms with E-state index in [0.29, 0.717) is 48.0 Å². The molecule has 1 N–H and O–H groups in total. The molecule has 0 aliphatic carbocycles. The zero-order chi connectivity index (χ0) is 17.5. The molecule has 2 aliphatic rings. The minimum atomic E-state index is -3.45. The summed E-state index contributed by atoms with van der Waals surface area (Å²) >= 11 is 1.23. The fourth-order valence-electron chi connectivity index (χ4n) is 3.30. The predicted octanol–water partition coefficient (Wildman–Crippen LogP) is 2.31. The highest BCUT2D eigenvalue weighted by molar-refractivity contribution is 7.97. The molecule has 3 heterocycles. The molecule has 1 atom stereocenters. The van der Waals surface area contributed by atoms with Gasteiger partial charge in [-0.05, 0) is 23.6 Å². The van der Waals surface area contributed by atoms with E-state index in [4.69, 9.17) is 4.74 Å². The third-order valence-corrected chi connectivity index (χ3v) is 8.02. The number of carbonyl (C=O) groups excluding carboxylic acids is 1. The molecule has 1 unspecified atom stereocenters. The third kappa shape index (κ3) is 2.99. The molecule has 8 heteroatoms. The Bertz CT molecular complexity index is 829. The molecule has 1 saturated heterocycles. The van der Waals surface area contributed by atoms with E-state index in [-0.39, 0.29) is 5.91 Å². The van der Waals surface area contributed by atoms with E-state index < -0.39 is 16.0 Å². The lowest BCUT2D eigenvalue weighted by Crippen LogP contribution is -2.55. The lowest BCUT2D eigenvalue weighted by atomic mass is 9.92.